The van der Waals surface area contributed by atoms with Gasteiger partial charge in [0, 0.05) is 31.7 Å². The molecule has 4 rings (SSSR count). The van der Waals surface area contributed by atoms with Gasteiger partial charge in [-0.2, -0.15) is 0 Å². The molecule has 2 aromatic carbocycles. The van der Waals surface area contributed by atoms with Gasteiger partial charge < -0.3 is 15.0 Å². The quantitative estimate of drug-likeness (QED) is 0.670. The Labute approximate surface area is 195 Å². The molecule has 2 fully saturated rings. The molecule has 0 saturated carbocycles. The highest BCUT2D eigenvalue weighted by molar-refractivity contribution is 7.90. The van der Waals surface area contributed by atoms with E-state index in [1.165, 1.54) is 11.8 Å². The van der Waals surface area contributed by atoms with Crippen LogP contribution in [0, 0.1) is 5.92 Å². The van der Waals surface area contributed by atoms with Gasteiger partial charge in [-0.1, -0.05) is 42.5 Å². The van der Waals surface area contributed by atoms with E-state index in [0.717, 1.165) is 18.4 Å². The smallest absolute Gasteiger partial charge is 0.407 e. The fourth-order valence-electron chi connectivity index (χ4n) is 4.84. The molecule has 1 N–H and O–H groups in total. The number of nitrogens with zero attached hydrogens (tertiary/aromatic N) is 1. The van der Waals surface area contributed by atoms with Crippen LogP contribution in [0.25, 0.3) is 0 Å². The second-order valence-corrected chi connectivity index (χ2v) is 10.9. The number of amides is 2. The van der Waals surface area contributed by atoms with Crippen LogP contribution in [0.5, 0.6) is 0 Å². The number of likely N-dealkylation sites (tertiary alicyclic amines) is 1. The van der Waals surface area contributed by atoms with Gasteiger partial charge >= 0.3 is 6.09 Å². The van der Waals surface area contributed by atoms with Crippen LogP contribution in [0.3, 0.4) is 0 Å². The number of nitrogens with one attached hydrogen (secondary N) is 1. The first-order chi connectivity index (χ1) is 15.8. The molecule has 0 aliphatic carbocycles. The molecular formula is C25H30N2O5S. The first-order valence-corrected chi connectivity index (χ1v) is 13.3. The van der Waals surface area contributed by atoms with Gasteiger partial charge in [0.1, 0.15) is 6.61 Å². The molecule has 7 nitrogen and oxygen atoms in total. The van der Waals surface area contributed by atoms with E-state index in [4.69, 9.17) is 4.74 Å². The summed E-state index contributed by atoms with van der Waals surface area (Å²) in [7, 11) is -3.24. The molecule has 0 radical (unpaired) electrons. The van der Waals surface area contributed by atoms with E-state index in [2.05, 4.69) is 17.4 Å². The molecule has 2 atom stereocenters. The number of cyclic esters (lactones) is 1. The molecule has 2 heterocycles. The zero-order chi connectivity index (χ0) is 23.4. The van der Waals surface area contributed by atoms with Crippen LogP contribution >= 0.6 is 0 Å². The Kier molecular flexibility index (Phi) is 7.02. The summed E-state index contributed by atoms with van der Waals surface area (Å²) in [6.45, 7) is 1.72. The third-order valence-electron chi connectivity index (χ3n) is 6.63. The number of alkyl carbamates (subject to hydrolysis) is 1. The fourth-order valence-corrected chi connectivity index (χ4v) is 5.47. The number of hydrogen-bond donors (Lipinski definition) is 1. The molecule has 0 bridgehead atoms. The van der Waals surface area contributed by atoms with Crippen molar-refractivity contribution in [3.05, 3.63) is 65.7 Å². The lowest BCUT2D eigenvalue weighted by Gasteiger charge is -2.37. The van der Waals surface area contributed by atoms with Crippen LogP contribution in [0.1, 0.15) is 42.7 Å². The Morgan fingerprint density at radius 1 is 1.06 bits per heavy atom. The monoisotopic (exact) mass is 470 g/mol. The molecule has 2 aliphatic rings. The lowest BCUT2D eigenvalue weighted by atomic mass is 9.76. The van der Waals surface area contributed by atoms with Gasteiger partial charge in [0.25, 0.3) is 0 Å². The van der Waals surface area contributed by atoms with Gasteiger partial charge in [-0.25, -0.2) is 13.2 Å². The van der Waals surface area contributed by atoms with Gasteiger partial charge in [-0.15, -0.1) is 0 Å². The van der Waals surface area contributed by atoms with Crippen molar-refractivity contribution in [3.8, 4) is 0 Å². The Morgan fingerprint density at radius 3 is 2.27 bits per heavy atom. The summed E-state index contributed by atoms with van der Waals surface area (Å²) in [4.78, 5) is 26.1. The lowest BCUT2D eigenvalue weighted by Crippen LogP contribution is -2.40. The van der Waals surface area contributed by atoms with Crippen LogP contribution in [0.15, 0.2) is 59.5 Å². The number of carbonyl (C=O) groups is 2. The van der Waals surface area contributed by atoms with Crippen LogP contribution < -0.4 is 5.32 Å². The molecule has 1 unspecified atom stereocenters. The molecule has 2 saturated heterocycles. The number of carbonyl (C=O) groups excluding carboxylic acids is 2. The molecular weight excluding hydrogens is 440 g/mol. The van der Waals surface area contributed by atoms with Crippen LogP contribution in [-0.4, -0.2) is 57.3 Å². The highest BCUT2D eigenvalue weighted by Gasteiger charge is 2.31. The average Bonchev–Trinajstić information content (AvgIpc) is 3.24. The van der Waals surface area contributed by atoms with Crippen molar-refractivity contribution >= 4 is 21.8 Å². The summed E-state index contributed by atoms with van der Waals surface area (Å²) in [5, 5.41) is 2.71. The van der Waals surface area contributed by atoms with Gasteiger partial charge in [0.05, 0.1) is 10.9 Å². The third-order valence-corrected chi connectivity index (χ3v) is 7.76. The number of rotatable bonds is 7. The van der Waals surface area contributed by atoms with Crippen LogP contribution in [0.2, 0.25) is 0 Å². The fraction of sp³-hybridized carbons (Fsp3) is 0.440. The minimum atomic E-state index is -3.24. The van der Waals surface area contributed by atoms with E-state index in [1.807, 2.05) is 35.2 Å². The third kappa shape index (κ3) is 5.74. The van der Waals surface area contributed by atoms with Crippen molar-refractivity contribution in [2.24, 2.45) is 5.92 Å². The van der Waals surface area contributed by atoms with Gasteiger partial charge in [-0.05, 0) is 48.4 Å². The predicted octanol–water partition coefficient (Wildman–Crippen LogP) is 3.35. The molecule has 176 valence electrons. The average molecular weight is 471 g/mol. The van der Waals surface area contributed by atoms with Crippen LogP contribution in [0.4, 0.5) is 4.79 Å². The van der Waals surface area contributed by atoms with Crippen molar-refractivity contribution in [2.45, 2.75) is 42.5 Å². The van der Waals surface area contributed by atoms with Gasteiger partial charge in [0.15, 0.2) is 9.84 Å². The minimum absolute atomic E-state index is 0.0867. The van der Waals surface area contributed by atoms with E-state index >= 15 is 0 Å². The number of sulfone groups is 1. The Balaban J connectivity index is 1.42. The summed E-state index contributed by atoms with van der Waals surface area (Å²) in [5.41, 5.74) is 2.29. The highest BCUT2D eigenvalue weighted by atomic mass is 32.2. The number of piperidine rings is 1. The zero-order valence-corrected chi connectivity index (χ0v) is 19.6. The number of ether oxygens (including phenoxy) is 1. The summed E-state index contributed by atoms with van der Waals surface area (Å²) in [5.74, 6) is 0.606. The summed E-state index contributed by atoms with van der Waals surface area (Å²) in [6, 6.07) is 17.4. The second-order valence-electron chi connectivity index (χ2n) is 8.93. The highest BCUT2D eigenvalue weighted by Crippen LogP contribution is 2.38. The number of hydrogen-bond acceptors (Lipinski definition) is 5. The summed E-state index contributed by atoms with van der Waals surface area (Å²) < 4.78 is 28.6. The van der Waals surface area contributed by atoms with E-state index < -0.39 is 15.9 Å². The summed E-state index contributed by atoms with van der Waals surface area (Å²) in [6.07, 6.45) is 3.55. The van der Waals surface area contributed by atoms with Crippen molar-refractivity contribution in [3.63, 3.8) is 0 Å². The standard InChI is InChI=1S/C25H30N2O5S/c1-33(30,31)22-10-7-19(8-11-22)24(18-5-3-2-4-6-18)20-13-15-27(16-14-20)23(28)12-9-21-17-32-25(29)26-21/h2-8,10-11,20-21,24H,9,12-17H2,1H3,(H,26,29)/t21-,24?/m1/s1. The Morgan fingerprint density at radius 2 is 1.70 bits per heavy atom. The largest absolute Gasteiger partial charge is 0.447 e. The van der Waals surface area contributed by atoms with Crippen molar-refractivity contribution in [2.75, 3.05) is 26.0 Å². The van der Waals surface area contributed by atoms with Crippen molar-refractivity contribution in [1.29, 1.82) is 0 Å². The maximum Gasteiger partial charge on any atom is 0.407 e. The first-order valence-electron chi connectivity index (χ1n) is 11.4. The Hall–Kier alpha value is -2.87. The molecule has 0 spiro atoms. The minimum Gasteiger partial charge on any atom is -0.447 e. The molecule has 2 amide bonds. The van der Waals surface area contributed by atoms with E-state index in [0.29, 0.717) is 43.4 Å². The predicted molar refractivity (Wildman–Crippen MR) is 125 cm³/mol. The van der Waals surface area contributed by atoms with Gasteiger partial charge in [0.2, 0.25) is 5.91 Å². The van der Waals surface area contributed by atoms with E-state index in [1.54, 1.807) is 12.1 Å². The van der Waals surface area contributed by atoms with E-state index in [9.17, 15) is 18.0 Å². The maximum atomic E-state index is 12.7. The molecule has 33 heavy (non-hydrogen) atoms. The second kappa shape index (κ2) is 9.95. The molecule has 0 aromatic heterocycles. The van der Waals surface area contributed by atoms with E-state index in [-0.39, 0.29) is 17.9 Å². The Bertz CT molecular complexity index is 1080. The number of benzene rings is 2. The normalized spacial score (nSPS) is 20.2. The van der Waals surface area contributed by atoms with Crippen molar-refractivity contribution in [1.82, 2.24) is 10.2 Å². The zero-order valence-electron chi connectivity index (χ0n) is 18.8. The molecule has 8 heteroatoms. The topological polar surface area (TPSA) is 92.8 Å². The lowest BCUT2D eigenvalue weighted by molar-refractivity contribution is -0.132. The van der Waals surface area contributed by atoms with Gasteiger partial charge in [-0.3, -0.25) is 4.79 Å². The van der Waals surface area contributed by atoms with Crippen molar-refractivity contribution < 1.29 is 22.7 Å². The SMILES string of the molecule is CS(=O)(=O)c1ccc(C(c2ccccc2)C2CCN(C(=O)CC[C@@H]3COC(=O)N3)CC2)cc1. The summed E-state index contributed by atoms with van der Waals surface area (Å²) >= 11 is 0. The molecule has 2 aliphatic heterocycles. The maximum absolute atomic E-state index is 12.7. The molecule has 2 aromatic rings. The van der Waals surface area contributed by atoms with Crippen LogP contribution in [-0.2, 0) is 19.4 Å². The first kappa shape index (κ1) is 23.3.